The summed E-state index contributed by atoms with van der Waals surface area (Å²) in [6.07, 6.45) is 0. The topological polar surface area (TPSA) is 46.2 Å². The van der Waals surface area contributed by atoms with Crippen molar-refractivity contribution in [3.8, 4) is 0 Å². The molecule has 74 valence electrons. The molecule has 0 aliphatic carbocycles. The lowest BCUT2D eigenvalue weighted by Crippen LogP contribution is -2.18. The van der Waals surface area contributed by atoms with E-state index in [0.717, 1.165) is 0 Å². The third-order valence-electron chi connectivity index (χ3n) is 1.80. The van der Waals surface area contributed by atoms with E-state index in [1.807, 2.05) is 0 Å². The third kappa shape index (κ3) is 2.42. The second-order valence-corrected chi connectivity index (χ2v) is 3.28. The summed E-state index contributed by atoms with van der Waals surface area (Å²) >= 11 is 3.08. The first-order valence-corrected chi connectivity index (χ1v) is 5.22. The van der Waals surface area contributed by atoms with Crippen molar-refractivity contribution in [3.05, 3.63) is 35.4 Å². The first kappa shape index (κ1) is 10.9. The molecule has 3 nitrogen and oxygen atoms in total. The number of nitrogens with one attached hydrogen (secondary N) is 1. The maximum absolute atomic E-state index is 11.3. The Morgan fingerprint density at radius 3 is 2.57 bits per heavy atom. The maximum atomic E-state index is 11.3. The normalized spacial score (nSPS) is 9.57. The number of carbonyl (C=O) groups is 2. The summed E-state index contributed by atoms with van der Waals surface area (Å²) in [5.41, 5.74) is 1.04. The molecule has 0 saturated heterocycles. The van der Waals surface area contributed by atoms with Gasteiger partial charge in [-0.2, -0.15) is 0 Å². The zero-order valence-electron chi connectivity index (χ0n) is 7.71. The molecule has 1 aromatic rings. The van der Waals surface area contributed by atoms with Gasteiger partial charge < -0.3 is 5.32 Å². The Hall–Kier alpha value is -1.16. The van der Waals surface area contributed by atoms with E-state index >= 15 is 0 Å². The van der Waals surface area contributed by atoms with Gasteiger partial charge >= 0.3 is 0 Å². The van der Waals surface area contributed by atoms with Crippen LogP contribution in [0, 0.1) is 0 Å². The Morgan fingerprint density at radius 1 is 1.36 bits per heavy atom. The lowest BCUT2D eigenvalue weighted by Gasteiger charge is -2.01. The minimum absolute atomic E-state index is 0.0317. The van der Waals surface area contributed by atoms with Gasteiger partial charge in [-0.15, -0.1) is 0 Å². The van der Waals surface area contributed by atoms with Gasteiger partial charge in [0.1, 0.15) is 0 Å². The zero-order valence-corrected chi connectivity index (χ0v) is 9.30. The van der Waals surface area contributed by atoms with E-state index in [1.165, 1.54) is 0 Å². The van der Waals surface area contributed by atoms with Crippen LogP contribution >= 0.6 is 15.9 Å². The molecule has 0 atom stereocenters. The van der Waals surface area contributed by atoms with Crippen molar-refractivity contribution < 1.29 is 9.59 Å². The molecule has 1 N–H and O–H groups in total. The quantitative estimate of drug-likeness (QED) is 0.659. The van der Waals surface area contributed by atoms with Crippen LogP contribution in [0.1, 0.15) is 20.7 Å². The molecule has 1 rings (SSSR count). The Kier molecular flexibility index (Phi) is 3.83. The molecule has 0 radical (unpaired) electrons. The van der Waals surface area contributed by atoms with E-state index < -0.39 is 0 Å². The standard InChI is InChI=1S/C10H10BrNO2/c1-12-10(14)8-4-2-3-7(5-8)9(13)6-11/h2-5H,6H2,1H3,(H,12,14). The molecular formula is C10H10BrNO2. The lowest BCUT2D eigenvalue weighted by atomic mass is 10.1. The van der Waals surface area contributed by atoms with Gasteiger partial charge in [-0.1, -0.05) is 28.1 Å². The van der Waals surface area contributed by atoms with Crippen LogP contribution in [0.2, 0.25) is 0 Å². The smallest absolute Gasteiger partial charge is 0.251 e. The molecule has 0 aromatic heterocycles. The van der Waals surface area contributed by atoms with Gasteiger partial charge in [0.15, 0.2) is 5.78 Å². The van der Waals surface area contributed by atoms with Crippen LogP contribution in [-0.4, -0.2) is 24.1 Å². The zero-order chi connectivity index (χ0) is 10.6. The number of carbonyl (C=O) groups excluding carboxylic acids is 2. The summed E-state index contributed by atoms with van der Waals surface area (Å²) in [5.74, 6) is -0.218. The molecule has 0 aliphatic rings. The molecule has 0 fully saturated rings. The van der Waals surface area contributed by atoms with E-state index in [-0.39, 0.29) is 17.0 Å². The monoisotopic (exact) mass is 255 g/mol. The van der Waals surface area contributed by atoms with Crippen LogP contribution in [0.4, 0.5) is 0 Å². The Morgan fingerprint density at radius 2 is 2.00 bits per heavy atom. The number of hydrogen-bond donors (Lipinski definition) is 1. The third-order valence-corrected chi connectivity index (χ3v) is 2.30. The summed E-state index contributed by atoms with van der Waals surface area (Å²) in [5, 5.41) is 2.77. The second-order valence-electron chi connectivity index (χ2n) is 2.72. The van der Waals surface area contributed by atoms with Crippen LogP contribution in [-0.2, 0) is 0 Å². The fourth-order valence-corrected chi connectivity index (χ4v) is 1.38. The van der Waals surface area contributed by atoms with Gasteiger partial charge in [0.25, 0.3) is 5.91 Å². The van der Waals surface area contributed by atoms with Crippen molar-refractivity contribution >= 4 is 27.6 Å². The highest BCUT2D eigenvalue weighted by Crippen LogP contribution is 2.07. The molecule has 0 bridgehead atoms. The van der Waals surface area contributed by atoms with Gasteiger partial charge in [-0.25, -0.2) is 0 Å². The number of ketones is 1. The van der Waals surface area contributed by atoms with Crippen LogP contribution < -0.4 is 5.32 Å². The summed E-state index contributed by atoms with van der Waals surface area (Å²) in [6.45, 7) is 0. The van der Waals surface area contributed by atoms with Crippen molar-refractivity contribution in [2.75, 3.05) is 12.4 Å². The van der Waals surface area contributed by atoms with Gasteiger partial charge in [0, 0.05) is 18.2 Å². The number of amides is 1. The summed E-state index contributed by atoms with van der Waals surface area (Å²) in [4.78, 5) is 22.5. The number of rotatable bonds is 3. The average molecular weight is 256 g/mol. The highest BCUT2D eigenvalue weighted by Gasteiger charge is 2.07. The summed E-state index contributed by atoms with van der Waals surface area (Å²) in [6, 6.07) is 6.64. The van der Waals surface area contributed by atoms with Crippen molar-refractivity contribution in [2.24, 2.45) is 0 Å². The Labute approximate surface area is 90.6 Å². The molecular weight excluding hydrogens is 246 g/mol. The minimum atomic E-state index is -0.186. The highest BCUT2D eigenvalue weighted by molar-refractivity contribution is 9.09. The van der Waals surface area contributed by atoms with Crippen LogP contribution in [0.3, 0.4) is 0 Å². The SMILES string of the molecule is CNC(=O)c1cccc(C(=O)CBr)c1. The van der Waals surface area contributed by atoms with Crippen molar-refractivity contribution in [3.63, 3.8) is 0 Å². The average Bonchev–Trinajstić information content (AvgIpc) is 2.27. The molecule has 0 heterocycles. The lowest BCUT2D eigenvalue weighted by molar-refractivity contribution is 0.0963. The van der Waals surface area contributed by atoms with E-state index in [4.69, 9.17) is 0 Å². The number of benzene rings is 1. The highest BCUT2D eigenvalue weighted by atomic mass is 79.9. The van der Waals surface area contributed by atoms with Gasteiger partial charge in [-0.3, -0.25) is 9.59 Å². The molecule has 4 heteroatoms. The molecule has 1 amide bonds. The van der Waals surface area contributed by atoms with Crippen LogP contribution in [0.5, 0.6) is 0 Å². The maximum Gasteiger partial charge on any atom is 0.251 e. The fraction of sp³-hybridized carbons (Fsp3) is 0.200. The van der Waals surface area contributed by atoms with Gasteiger partial charge in [0.2, 0.25) is 0 Å². The molecule has 0 saturated carbocycles. The first-order valence-electron chi connectivity index (χ1n) is 4.10. The van der Waals surface area contributed by atoms with Crippen molar-refractivity contribution in [1.29, 1.82) is 0 Å². The predicted molar refractivity (Wildman–Crippen MR) is 58.0 cm³/mol. The molecule has 0 spiro atoms. The number of hydrogen-bond acceptors (Lipinski definition) is 2. The van der Waals surface area contributed by atoms with E-state index in [9.17, 15) is 9.59 Å². The van der Waals surface area contributed by atoms with Gasteiger partial charge in [-0.05, 0) is 12.1 Å². The first-order chi connectivity index (χ1) is 6.69. The van der Waals surface area contributed by atoms with Crippen molar-refractivity contribution in [1.82, 2.24) is 5.32 Å². The fourth-order valence-electron chi connectivity index (χ4n) is 1.06. The van der Waals surface area contributed by atoms with E-state index in [2.05, 4.69) is 21.2 Å². The summed E-state index contributed by atoms with van der Waals surface area (Å²) < 4.78 is 0. The second kappa shape index (κ2) is 4.91. The van der Waals surface area contributed by atoms with E-state index in [0.29, 0.717) is 11.1 Å². The van der Waals surface area contributed by atoms with E-state index in [1.54, 1.807) is 31.3 Å². The molecule has 0 unspecified atom stereocenters. The number of Topliss-reactive ketones (excluding diaryl/α,β-unsaturated/α-hetero) is 1. The molecule has 1 aromatic carbocycles. The Bertz CT molecular complexity index is 332. The number of halogens is 1. The minimum Gasteiger partial charge on any atom is -0.355 e. The van der Waals surface area contributed by atoms with Gasteiger partial charge in [0.05, 0.1) is 5.33 Å². The number of alkyl halides is 1. The molecule has 14 heavy (non-hydrogen) atoms. The summed E-state index contributed by atoms with van der Waals surface area (Å²) in [7, 11) is 1.56. The van der Waals surface area contributed by atoms with Crippen LogP contribution in [0.15, 0.2) is 24.3 Å². The molecule has 0 aliphatic heterocycles. The Balaban J connectivity index is 3.01. The predicted octanol–water partition coefficient (Wildman–Crippen LogP) is 1.62. The van der Waals surface area contributed by atoms with Crippen molar-refractivity contribution in [2.45, 2.75) is 0 Å². The van der Waals surface area contributed by atoms with Crippen LogP contribution in [0.25, 0.3) is 0 Å². The largest absolute Gasteiger partial charge is 0.355 e.